The number of Topliss-reactive ketones (excluding diaryl/α,β-unsaturated/α-hetero) is 1. The molecule has 174 valence electrons. The highest BCUT2D eigenvalue weighted by Crippen LogP contribution is 2.14. The fourth-order valence-electron chi connectivity index (χ4n) is 2.90. The van der Waals surface area contributed by atoms with Crippen LogP contribution in [-0.2, 0) is 14.3 Å². The molecule has 0 aliphatic rings. The topological polar surface area (TPSA) is 112 Å². The van der Waals surface area contributed by atoms with Crippen molar-refractivity contribution in [3.8, 4) is 5.75 Å². The van der Waals surface area contributed by atoms with Gasteiger partial charge in [0.1, 0.15) is 11.5 Å². The van der Waals surface area contributed by atoms with Crippen LogP contribution in [0.4, 0.5) is 5.69 Å². The van der Waals surface area contributed by atoms with E-state index in [9.17, 15) is 19.2 Å². The van der Waals surface area contributed by atoms with Crippen LogP contribution in [0.1, 0.15) is 39.3 Å². The van der Waals surface area contributed by atoms with Crippen molar-refractivity contribution in [3.63, 3.8) is 0 Å². The van der Waals surface area contributed by atoms with Crippen molar-refractivity contribution in [3.05, 3.63) is 89.9 Å². The molecule has 0 atom stereocenters. The number of nitrogens with one attached hydrogen (secondary N) is 1. The minimum Gasteiger partial charge on any atom is -0.497 e. The van der Waals surface area contributed by atoms with E-state index in [4.69, 9.17) is 13.9 Å². The lowest BCUT2D eigenvalue weighted by molar-refractivity contribution is -0.143. The van der Waals surface area contributed by atoms with E-state index < -0.39 is 18.5 Å². The highest BCUT2D eigenvalue weighted by Gasteiger charge is 2.13. The van der Waals surface area contributed by atoms with Gasteiger partial charge in [-0.1, -0.05) is 12.1 Å². The van der Waals surface area contributed by atoms with E-state index in [0.29, 0.717) is 28.3 Å². The summed E-state index contributed by atoms with van der Waals surface area (Å²) in [5.74, 6) is -0.536. The summed E-state index contributed by atoms with van der Waals surface area (Å²) in [5.41, 5.74) is 1.30. The Morgan fingerprint density at radius 1 is 0.941 bits per heavy atom. The summed E-state index contributed by atoms with van der Waals surface area (Å²) in [6, 6.07) is 16.3. The van der Waals surface area contributed by atoms with Crippen molar-refractivity contribution in [1.29, 1.82) is 0 Å². The third kappa shape index (κ3) is 7.30. The summed E-state index contributed by atoms with van der Waals surface area (Å²) >= 11 is 0. The van der Waals surface area contributed by atoms with Gasteiger partial charge < -0.3 is 19.2 Å². The maximum Gasteiger partial charge on any atom is 0.306 e. The number of methoxy groups -OCH3 is 1. The predicted molar refractivity (Wildman–Crippen MR) is 125 cm³/mol. The molecule has 2 aromatic carbocycles. The number of rotatable bonds is 11. The molecule has 0 saturated heterocycles. The molecule has 0 unspecified atom stereocenters. The molecule has 0 aliphatic heterocycles. The zero-order chi connectivity index (χ0) is 24.3. The van der Waals surface area contributed by atoms with Gasteiger partial charge in [0.2, 0.25) is 5.91 Å². The summed E-state index contributed by atoms with van der Waals surface area (Å²) in [5, 5.41) is 2.65. The molecule has 8 nitrogen and oxygen atoms in total. The number of carbonyl (C=O) groups excluding carboxylic acids is 4. The molecule has 0 radical (unpaired) electrons. The average molecular weight is 461 g/mol. The number of benzene rings is 2. The largest absolute Gasteiger partial charge is 0.497 e. The molecule has 3 rings (SSSR count). The first kappa shape index (κ1) is 24.2. The van der Waals surface area contributed by atoms with Crippen molar-refractivity contribution in [2.75, 3.05) is 19.0 Å². The van der Waals surface area contributed by atoms with Gasteiger partial charge in [0.15, 0.2) is 18.2 Å². The van der Waals surface area contributed by atoms with Crippen LogP contribution in [0.15, 0.2) is 77.4 Å². The van der Waals surface area contributed by atoms with Crippen LogP contribution in [0.25, 0.3) is 6.08 Å². The molecule has 1 N–H and O–H groups in total. The number of hydrogen-bond donors (Lipinski definition) is 1. The lowest BCUT2D eigenvalue weighted by Crippen LogP contribution is -2.17. The zero-order valence-electron chi connectivity index (χ0n) is 18.5. The molecule has 0 fully saturated rings. The van der Waals surface area contributed by atoms with Crippen LogP contribution in [-0.4, -0.2) is 37.2 Å². The van der Waals surface area contributed by atoms with Crippen LogP contribution in [0.5, 0.6) is 5.75 Å². The maximum absolute atomic E-state index is 12.2. The first-order valence-electron chi connectivity index (χ1n) is 10.4. The van der Waals surface area contributed by atoms with Crippen molar-refractivity contribution in [2.45, 2.75) is 12.8 Å². The number of hydrogen-bond acceptors (Lipinski definition) is 7. The Hall–Kier alpha value is -4.46. The molecular weight excluding hydrogens is 438 g/mol. The van der Waals surface area contributed by atoms with Crippen LogP contribution in [0.3, 0.4) is 0 Å². The van der Waals surface area contributed by atoms with Gasteiger partial charge in [-0.3, -0.25) is 19.2 Å². The number of esters is 1. The summed E-state index contributed by atoms with van der Waals surface area (Å²) in [4.78, 5) is 48.3. The molecule has 0 saturated carbocycles. The standard InChI is InChI=1S/C26H23NO7/c1-32-22-5-2-4-19(16-22)24(29)17-34-26(31)14-13-25(30)27-20-9-7-18(8-10-20)23(28)12-11-21-6-3-15-33-21/h2-12,15-16H,13-14,17H2,1H3,(H,27,30)/b12-11+. The minimum absolute atomic E-state index is 0.112. The van der Waals surface area contributed by atoms with E-state index in [2.05, 4.69) is 5.32 Å². The molecule has 1 heterocycles. The van der Waals surface area contributed by atoms with E-state index in [1.54, 1.807) is 66.7 Å². The van der Waals surface area contributed by atoms with Gasteiger partial charge in [-0.2, -0.15) is 0 Å². The van der Waals surface area contributed by atoms with Gasteiger partial charge in [0.05, 0.1) is 19.8 Å². The Bertz CT molecular complexity index is 1180. The van der Waals surface area contributed by atoms with E-state index in [1.807, 2.05) is 0 Å². The SMILES string of the molecule is COc1cccc(C(=O)COC(=O)CCC(=O)Nc2ccc(C(=O)/C=C/c3ccco3)cc2)c1. The Morgan fingerprint density at radius 3 is 2.44 bits per heavy atom. The Labute approximate surface area is 196 Å². The van der Waals surface area contributed by atoms with Crippen molar-refractivity contribution < 1.29 is 33.1 Å². The number of amides is 1. The minimum atomic E-state index is -0.657. The van der Waals surface area contributed by atoms with Crippen molar-refractivity contribution >= 4 is 35.2 Å². The molecule has 0 aliphatic carbocycles. The highest BCUT2D eigenvalue weighted by molar-refractivity contribution is 6.07. The summed E-state index contributed by atoms with van der Waals surface area (Å²) in [7, 11) is 1.49. The highest BCUT2D eigenvalue weighted by atomic mass is 16.5. The number of ketones is 2. The van der Waals surface area contributed by atoms with E-state index in [1.165, 1.54) is 19.4 Å². The molecular formula is C26H23NO7. The Morgan fingerprint density at radius 2 is 1.74 bits per heavy atom. The third-order valence-corrected chi connectivity index (χ3v) is 4.71. The van der Waals surface area contributed by atoms with Crippen LogP contribution in [0, 0.1) is 0 Å². The van der Waals surface area contributed by atoms with Gasteiger partial charge in [-0.05, 0) is 60.7 Å². The normalized spacial score (nSPS) is 10.6. The summed E-state index contributed by atoms with van der Waals surface area (Å²) in [6.07, 6.45) is 4.20. The molecule has 34 heavy (non-hydrogen) atoms. The number of ether oxygens (including phenoxy) is 2. The van der Waals surface area contributed by atoms with Gasteiger partial charge in [-0.15, -0.1) is 0 Å². The van der Waals surface area contributed by atoms with Crippen LogP contribution >= 0.6 is 0 Å². The Kier molecular flexibility index (Phi) is 8.51. The van der Waals surface area contributed by atoms with Gasteiger partial charge in [-0.25, -0.2) is 0 Å². The van der Waals surface area contributed by atoms with Crippen LogP contribution in [0.2, 0.25) is 0 Å². The zero-order valence-corrected chi connectivity index (χ0v) is 18.5. The van der Waals surface area contributed by atoms with Gasteiger partial charge >= 0.3 is 5.97 Å². The van der Waals surface area contributed by atoms with Gasteiger partial charge in [0.25, 0.3) is 0 Å². The number of carbonyl (C=O) groups is 4. The van der Waals surface area contributed by atoms with E-state index >= 15 is 0 Å². The monoisotopic (exact) mass is 461 g/mol. The first-order chi connectivity index (χ1) is 16.4. The predicted octanol–water partition coefficient (Wildman–Crippen LogP) is 4.33. The van der Waals surface area contributed by atoms with Gasteiger partial charge in [0, 0.05) is 23.2 Å². The fraction of sp³-hybridized carbons (Fsp3) is 0.154. The number of furan rings is 1. The molecule has 3 aromatic rings. The quantitative estimate of drug-likeness (QED) is 0.257. The number of allylic oxidation sites excluding steroid dienone is 1. The van der Waals surface area contributed by atoms with Crippen LogP contribution < -0.4 is 10.1 Å². The second-order valence-corrected chi connectivity index (χ2v) is 7.15. The van der Waals surface area contributed by atoms with Crippen molar-refractivity contribution in [1.82, 2.24) is 0 Å². The van der Waals surface area contributed by atoms with Crippen molar-refractivity contribution in [2.24, 2.45) is 0 Å². The Balaban J connectivity index is 1.40. The molecule has 0 bridgehead atoms. The second kappa shape index (κ2) is 12.0. The van der Waals surface area contributed by atoms with E-state index in [0.717, 1.165) is 0 Å². The lowest BCUT2D eigenvalue weighted by atomic mass is 10.1. The molecule has 8 heteroatoms. The third-order valence-electron chi connectivity index (χ3n) is 4.71. The lowest BCUT2D eigenvalue weighted by Gasteiger charge is -2.07. The number of anilines is 1. The maximum atomic E-state index is 12.2. The summed E-state index contributed by atoms with van der Waals surface area (Å²) in [6.45, 7) is -0.419. The smallest absolute Gasteiger partial charge is 0.306 e. The molecule has 0 spiro atoms. The fourth-order valence-corrected chi connectivity index (χ4v) is 2.90. The average Bonchev–Trinajstić information content (AvgIpc) is 3.39. The molecule has 1 aromatic heterocycles. The second-order valence-electron chi connectivity index (χ2n) is 7.15. The molecule has 1 amide bonds. The first-order valence-corrected chi connectivity index (χ1v) is 10.4. The van der Waals surface area contributed by atoms with E-state index in [-0.39, 0.29) is 24.4 Å². The summed E-state index contributed by atoms with van der Waals surface area (Å²) < 4.78 is 15.2.